The van der Waals surface area contributed by atoms with Gasteiger partial charge in [0.2, 0.25) is 0 Å². The minimum atomic E-state index is -0.386. The molecule has 0 aromatic heterocycles. The summed E-state index contributed by atoms with van der Waals surface area (Å²) >= 11 is 0. The molecule has 0 amide bonds. The van der Waals surface area contributed by atoms with E-state index in [0.29, 0.717) is 38.0 Å². The molecule has 5 heteroatoms. The van der Waals surface area contributed by atoms with Crippen LogP contribution < -0.4 is 0 Å². The molecular formula is C32H45NO4. The van der Waals surface area contributed by atoms with E-state index in [9.17, 15) is 9.59 Å². The van der Waals surface area contributed by atoms with Crippen molar-refractivity contribution in [3.63, 3.8) is 0 Å². The number of rotatable bonds is 15. The van der Waals surface area contributed by atoms with Gasteiger partial charge in [-0.2, -0.15) is 0 Å². The normalized spacial score (nSPS) is 16.0. The van der Waals surface area contributed by atoms with E-state index < -0.39 is 0 Å². The highest BCUT2D eigenvalue weighted by Gasteiger charge is 2.23. The number of benzene rings is 1. The van der Waals surface area contributed by atoms with Crippen LogP contribution in [-0.2, 0) is 19.1 Å². The van der Waals surface area contributed by atoms with Gasteiger partial charge in [-0.3, -0.25) is 14.5 Å². The third-order valence-corrected chi connectivity index (χ3v) is 6.80. The molecule has 0 spiro atoms. The molecule has 1 aliphatic heterocycles. The maximum Gasteiger partial charge on any atom is 0.309 e. The van der Waals surface area contributed by atoms with Gasteiger partial charge in [-0.15, -0.1) is 0 Å². The molecule has 1 fully saturated rings. The van der Waals surface area contributed by atoms with E-state index in [-0.39, 0.29) is 17.7 Å². The molecule has 0 aliphatic carbocycles. The molecule has 5 nitrogen and oxygen atoms in total. The predicted octanol–water partition coefficient (Wildman–Crippen LogP) is 6.75. The molecule has 0 radical (unpaired) electrons. The van der Waals surface area contributed by atoms with Gasteiger partial charge in [0, 0.05) is 6.54 Å². The monoisotopic (exact) mass is 507 g/mol. The Morgan fingerprint density at radius 1 is 1.11 bits per heavy atom. The molecule has 202 valence electrons. The smallest absolute Gasteiger partial charge is 0.309 e. The topological polar surface area (TPSA) is 55.8 Å². The van der Waals surface area contributed by atoms with Gasteiger partial charge in [0.25, 0.3) is 0 Å². The minimum absolute atomic E-state index is 0.0212. The van der Waals surface area contributed by atoms with Gasteiger partial charge in [-0.05, 0) is 115 Å². The van der Waals surface area contributed by atoms with Crippen molar-refractivity contribution in [1.29, 1.82) is 0 Å². The lowest BCUT2D eigenvalue weighted by molar-refractivity contribution is -0.148. The zero-order chi connectivity index (χ0) is 27.2. The molecule has 1 atom stereocenters. The standard InChI is InChI=1S/C32H45NO4/c1-7-31(37-20-19-33-17-9-10-18-33)16-13-24(3)12-15-28(32(35)36-8-2)22-30(27(6)34)23-29-21-25(4)11-14-26(29)5/h7,11,13-14,16,21,23,28H,1,8-10,12,15,17-20,22H2,2-6H3/b24-13+,30-23-,31-16+. The third kappa shape index (κ3) is 10.9. The van der Waals surface area contributed by atoms with Crippen molar-refractivity contribution in [3.8, 4) is 0 Å². The van der Waals surface area contributed by atoms with E-state index in [1.165, 1.54) is 12.8 Å². The Morgan fingerprint density at radius 2 is 1.84 bits per heavy atom. The first-order chi connectivity index (χ1) is 17.7. The first-order valence-electron chi connectivity index (χ1n) is 13.5. The summed E-state index contributed by atoms with van der Waals surface area (Å²) in [6, 6.07) is 6.18. The maximum atomic E-state index is 12.8. The lowest BCUT2D eigenvalue weighted by Gasteiger charge is -2.17. The lowest BCUT2D eigenvalue weighted by atomic mass is 9.90. The number of esters is 1. The van der Waals surface area contributed by atoms with Crippen LogP contribution in [0.4, 0.5) is 0 Å². The van der Waals surface area contributed by atoms with Crippen LogP contribution in [0.2, 0.25) is 0 Å². The number of ketones is 1. The second kappa shape index (κ2) is 16.0. The maximum absolute atomic E-state index is 12.8. The molecular weight excluding hydrogens is 462 g/mol. The molecule has 1 unspecified atom stereocenters. The van der Waals surface area contributed by atoms with Crippen LogP contribution in [0.25, 0.3) is 6.08 Å². The quantitative estimate of drug-likeness (QED) is 0.114. The minimum Gasteiger partial charge on any atom is -0.492 e. The van der Waals surface area contributed by atoms with Crippen molar-refractivity contribution < 1.29 is 19.1 Å². The highest BCUT2D eigenvalue weighted by atomic mass is 16.5. The number of Topliss-reactive ketones (excluding diaryl/α,β-unsaturated/α-hetero) is 1. The molecule has 37 heavy (non-hydrogen) atoms. The summed E-state index contributed by atoms with van der Waals surface area (Å²) in [4.78, 5) is 27.7. The number of aryl methyl sites for hydroxylation is 2. The Morgan fingerprint density at radius 3 is 2.49 bits per heavy atom. The van der Waals surface area contributed by atoms with Gasteiger partial charge in [0.1, 0.15) is 12.4 Å². The van der Waals surface area contributed by atoms with Crippen LogP contribution in [0.15, 0.2) is 59.9 Å². The Balaban J connectivity index is 2.06. The Hall–Kier alpha value is -2.92. The first-order valence-corrected chi connectivity index (χ1v) is 13.5. The molecule has 0 N–H and O–H groups in total. The SMILES string of the molecule is C=C/C(=C\C=C(/C)CCC(C/C(=C/c1cc(C)ccc1C)C(C)=O)C(=O)OCC)OCCN1CCCC1. The van der Waals surface area contributed by atoms with Gasteiger partial charge in [-0.25, -0.2) is 0 Å². The Kier molecular flexibility index (Phi) is 13.1. The van der Waals surface area contributed by atoms with Crippen molar-refractivity contribution in [1.82, 2.24) is 4.90 Å². The number of nitrogens with zero attached hydrogens (tertiary/aromatic N) is 1. The van der Waals surface area contributed by atoms with Gasteiger partial charge in [0.15, 0.2) is 5.78 Å². The van der Waals surface area contributed by atoms with Gasteiger partial charge in [-0.1, -0.05) is 42.0 Å². The van der Waals surface area contributed by atoms with E-state index in [2.05, 4.69) is 29.7 Å². The molecule has 1 aromatic carbocycles. The van der Waals surface area contributed by atoms with E-state index in [0.717, 1.165) is 47.7 Å². The highest BCUT2D eigenvalue weighted by molar-refractivity contribution is 5.98. The van der Waals surface area contributed by atoms with E-state index in [4.69, 9.17) is 9.47 Å². The van der Waals surface area contributed by atoms with Crippen molar-refractivity contribution in [3.05, 3.63) is 76.6 Å². The fraction of sp³-hybridized carbons (Fsp3) is 0.500. The number of likely N-dealkylation sites (tertiary alicyclic amines) is 1. The van der Waals surface area contributed by atoms with Gasteiger partial charge < -0.3 is 9.47 Å². The van der Waals surface area contributed by atoms with Gasteiger partial charge >= 0.3 is 5.97 Å². The molecule has 2 rings (SSSR count). The van der Waals surface area contributed by atoms with Crippen molar-refractivity contribution >= 4 is 17.8 Å². The summed E-state index contributed by atoms with van der Waals surface area (Å²) in [5.41, 5.74) is 5.02. The van der Waals surface area contributed by atoms with E-state index in [1.807, 2.05) is 45.9 Å². The Bertz CT molecular complexity index is 1010. The molecule has 0 bridgehead atoms. The zero-order valence-corrected chi connectivity index (χ0v) is 23.5. The van der Waals surface area contributed by atoms with E-state index >= 15 is 0 Å². The number of hydrogen-bond donors (Lipinski definition) is 0. The van der Waals surface area contributed by atoms with Crippen LogP contribution in [0, 0.1) is 19.8 Å². The number of ether oxygens (including phenoxy) is 2. The fourth-order valence-electron chi connectivity index (χ4n) is 4.42. The summed E-state index contributed by atoms with van der Waals surface area (Å²) < 4.78 is 11.3. The fourth-order valence-corrected chi connectivity index (χ4v) is 4.42. The van der Waals surface area contributed by atoms with Crippen molar-refractivity contribution in [2.75, 3.05) is 32.8 Å². The molecule has 1 saturated heterocycles. The van der Waals surface area contributed by atoms with Crippen molar-refractivity contribution in [2.24, 2.45) is 5.92 Å². The summed E-state index contributed by atoms with van der Waals surface area (Å²) in [7, 11) is 0. The predicted molar refractivity (Wildman–Crippen MR) is 152 cm³/mol. The van der Waals surface area contributed by atoms with Crippen LogP contribution in [0.3, 0.4) is 0 Å². The average molecular weight is 508 g/mol. The summed E-state index contributed by atoms with van der Waals surface area (Å²) in [6.07, 6.45) is 11.8. The lowest BCUT2D eigenvalue weighted by Crippen LogP contribution is -2.23. The van der Waals surface area contributed by atoms with Crippen LogP contribution in [-0.4, -0.2) is 49.5 Å². The molecule has 1 heterocycles. The largest absolute Gasteiger partial charge is 0.492 e. The molecule has 1 aromatic rings. The van der Waals surface area contributed by atoms with Crippen LogP contribution in [0.5, 0.6) is 0 Å². The number of carbonyl (C=O) groups excluding carboxylic acids is 2. The second-order valence-electron chi connectivity index (χ2n) is 9.96. The summed E-state index contributed by atoms with van der Waals surface area (Å²) in [5, 5.41) is 0. The summed E-state index contributed by atoms with van der Waals surface area (Å²) in [6.45, 7) is 17.6. The first kappa shape index (κ1) is 30.3. The number of allylic oxidation sites excluding steroid dienone is 5. The molecule has 1 aliphatic rings. The van der Waals surface area contributed by atoms with Gasteiger partial charge in [0.05, 0.1) is 12.5 Å². The number of carbonyl (C=O) groups is 2. The third-order valence-electron chi connectivity index (χ3n) is 6.80. The number of hydrogen-bond acceptors (Lipinski definition) is 5. The second-order valence-corrected chi connectivity index (χ2v) is 9.96. The van der Waals surface area contributed by atoms with Crippen molar-refractivity contribution in [2.45, 2.75) is 66.7 Å². The van der Waals surface area contributed by atoms with Crippen LogP contribution in [0.1, 0.15) is 69.6 Å². The Labute approximate surface area is 223 Å². The average Bonchev–Trinajstić information content (AvgIpc) is 3.38. The van der Waals surface area contributed by atoms with Crippen LogP contribution >= 0.6 is 0 Å². The highest BCUT2D eigenvalue weighted by Crippen LogP contribution is 2.25. The van der Waals surface area contributed by atoms with E-state index in [1.54, 1.807) is 13.0 Å². The summed E-state index contributed by atoms with van der Waals surface area (Å²) in [5.74, 6) is 0.0852. The molecule has 0 saturated carbocycles. The zero-order valence-electron chi connectivity index (χ0n) is 23.5.